The van der Waals surface area contributed by atoms with Crippen molar-refractivity contribution in [1.82, 2.24) is 19.1 Å². The minimum Gasteiger partial charge on any atom is -0.457 e. The van der Waals surface area contributed by atoms with Crippen LogP contribution in [0.25, 0.3) is 49.9 Å². The third-order valence-corrected chi connectivity index (χ3v) is 17.3. The summed E-state index contributed by atoms with van der Waals surface area (Å²) in [6, 6.07) is 76.1. The van der Waals surface area contributed by atoms with E-state index in [0.717, 1.165) is 56.8 Å². The molecule has 0 aliphatic carbocycles. The van der Waals surface area contributed by atoms with Crippen molar-refractivity contribution in [2.75, 3.05) is 4.90 Å². The number of anilines is 3. The van der Waals surface area contributed by atoms with Crippen LogP contribution in [0, 0.1) is 0 Å². The monoisotopic (exact) mass is 813 g/mol. The van der Waals surface area contributed by atoms with Gasteiger partial charge in [0.1, 0.15) is 23.1 Å². The number of aryl methyl sites for hydroxylation is 1. The fourth-order valence-corrected chi connectivity index (χ4v) is 14.9. The molecule has 0 amide bonds. The number of fused-ring (bicyclic) bond motifs is 6. The molecule has 8 aromatic carbocycles. The van der Waals surface area contributed by atoms with Crippen LogP contribution in [0.2, 0.25) is 0 Å². The quantitative estimate of drug-likeness (QED) is 0.150. The number of benzene rings is 8. The molecule has 11 aromatic rings. The first-order chi connectivity index (χ1) is 30.7. The third kappa shape index (κ3) is 5.49. The second-order valence-electron chi connectivity index (χ2n) is 15.9. The average Bonchev–Trinajstić information content (AvgIpc) is 3.85. The largest absolute Gasteiger partial charge is 0.457 e. The smallest absolute Gasteiger partial charge is 0.184 e. The highest BCUT2D eigenvalue weighted by Gasteiger charge is 2.49. The van der Waals surface area contributed by atoms with E-state index in [9.17, 15) is 0 Å². The topological polar surface area (TPSA) is 48.1 Å². The molecule has 1 aliphatic rings. The number of hydrogen-bond acceptors (Lipinski definition) is 4. The lowest BCUT2D eigenvalue weighted by Gasteiger charge is -2.44. The predicted octanol–water partition coefficient (Wildman–Crippen LogP) is 10.7. The molecule has 0 fully saturated rings. The molecule has 6 nitrogen and oxygen atoms in total. The summed E-state index contributed by atoms with van der Waals surface area (Å²) in [4.78, 5) is 12.4. The highest BCUT2D eigenvalue weighted by Crippen LogP contribution is 2.43. The minimum absolute atomic E-state index is 0.736. The molecule has 3 aromatic heterocycles. The second kappa shape index (κ2) is 14.3. The summed E-state index contributed by atoms with van der Waals surface area (Å²) >= 11 is 0. The maximum atomic E-state index is 6.88. The maximum absolute atomic E-state index is 6.88. The van der Waals surface area contributed by atoms with E-state index in [1.807, 2.05) is 30.5 Å². The average molecular weight is 814 g/mol. The van der Waals surface area contributed by atoms with Crippen LogP contribution < -0.4 is 30.4 Å². The van der Waals surface area contributed by atoms with Gasteiger partial charge < -0.3 is 13.9 Å². The number of imidazole rings is 1. The van der Waals surface area contributed by atoms with Crippen molar-refractivity contribution < 1.29 is 4.74 Å². The highest BCUT2D eigenvalue weighted by molar-refractivity contribution is 7.21. The molecule has 7 heteroatoms. The van der Waals surface area contributed by atoms with E-state index in [1.54, 1.807) is 0 Å². The first-order valence-corrected chi connectivity index (χ1v) is 23.0. The molecule has 294 valence electrons. The Morgan fingerprint density at radius 1 is 0.484 bits per heavy atom. The number of rotatable bonds is 7. The summed E-state index contributed by atoms with van der Waals surface area (Å²) in [5, 5.41) is 7.55. The number of ether oxygens (including phenoxy) is 1. The van der Waals surface area contributed by atoms with E-state index in [0.29, 0.717) is 0 Å². The summed E-state index contributed by atoms with van der Waals surface area (Å²) in [5.74, 6) is 3.20. The van der Waals surface area contributed by atoms with Gasteiger partial charge in [0, 0.05) is 47.0 Å². The summed E-state index contributed by atoms with van der Waals surface area (Å²) in [6.07, 6.45) is 1.88. The number of pyridine rings is 1. The summed E-state index contributed by atoms with van der Waals surface area (Å²) in [7, 11) is -1.02. The fourth-order valence-electron chi connectivity index (χ4n) is 9.83. The summed E-state index contributed by atoms with van der Waals surface area (Å²) in [6.45, 7) is 0. The minimum atomic E-state index is -3.08. The number of para-hydroxylation sites is 4. The zero-order valence-electron chi connectivity index (χ0n) is 33.9. The zero-order chi connectivity index (χ0) is 41.2. The molecule has 1 aliphatic heterocycles. The van der Waals surface area contributed by atoms with Gasteiger partial charge in [-0.2, -0.15) is 0 Å². The number of aromatic nitrogens is 4. The van der Waals surface area contributed by atoms with E-state index in [2.05, 4.69) is 209 Å². The molecule has 4 heterocycles. The van der Waals surface area contributed by atoms with Crippen LogP contribution in [-0.2, 0) is 7.05 Å². The van der Waals surface area contributed by atoms with Crippen molar-refractivity contribution in [1.29, 1.82) is 0 Å². The standard InChI is InChI=1S/C55H39N5OSi/c1-58-48-29-14-12-27-46(48)57-55(58)38-18-17-21-40(34-38)61-41-31-32-52-50(35-41)60(54-30-15-16-33-56-54)51-36-45-44-26-11-13-28-47(44)59(39-19-5-2-6-20-39)49(45)37-53(51)62(52,42-22-7-3-8-23-42)43-24-9-4-10-25-43/h2-37H,1H3. The van der Waals surface area contributed by atoms with E-state index < -0.39 is 8.07 Å². The summed E-state index contributed by atoms with van der Waals surface area (Å²) < 4.78 is 11.5. The van der Waals surface area contributed by atoms with E-state index in [-0.39, 0.29) is 0 Å². The lowest BCUT2D eigenvalue weighted by atomic mass is 10.1. The van der Waals surface area contributed by atoms with Crippen molar-refractivity contribution in [3.8, 4) is 28.6 Å². The van der Waals surface area contributed by atoms with Crippen molar-refractivity contribution >= 4 is 78.9 Å². The van der Waals surface area contributed by atoms with Gasteiger partial charge in [-0.15, -0.1) is 0 Å². The van der Waals surface area contributed by atoms with Gasteiger partial charge in [0.2, 0.25) is 0 Å². The molecule has 0 bridgehead atoms. The van der Waals surface area contributed by atoms with Crippen LogP contribution in [0.15, 0.2) is 219 Å². The molecule has 0 saturated carbocycles. The molecule has 62 heavy (non-hydrogen) atoms. The first-order valence-electron chi connectivity index (χ1n) is 21.0. The molecule has 0 atom stereocenters. The zero-order valence-corrected chi connectivity index (χ0v) is 34.9. The number of hydrogen-bond donors (Lipinski definition) is 0. The van der Waals surface area contributed by atoms with Gasteiger partial charge in [0.25, 0.3) is 0 Å². The van der Waals surface area contributed by atoms with Crippen LogP contribution >= 0.6 is 0 Å². The molecule has 0 saturated heterocycles. The second-order valence-corrected chi connectivity index (χ2v) is 19.6. The molecular formula is C55H39N5OSi. The van der Waals surface area contributed by atoms with Crippen LogP contribution in [0.4, 0.5) is 17.2 Å². The number of nitrogens with zero attached hydrogens (tertiary/aromatic N) is 5. The summed E-state index contributed by atoms with van der Waals surface area (Å²) in [5.41, 5.74) is 8.67. The van der Waals surface area contributed by atoms with Crippen molar-refractivity contribution in [2.24, 2.45) is 7.05 Å². The maximum Gasteiger partial charge on any atom is 0.184 e. The van der Waals surface area contributed by atoms with Crippen LogP contribution in [0.1, 0.15) is 0 Å². The van der Waals surface area contributed by atoms with Gasteiger partial charge in [-0.25, -0.2) is 9.97 Å². The molecule has 0 N–H and O–H groups in total. The van der Waals surface area contributed by atoms with E-state index >= 15 is 0 Å². The van der Waals surface area contributed by atoms with Gasteiger partial charge in [-0.05, 0) is 93.5 Å². The predicted molar refractivity (Wildman–Crippen MR) is 257 cm³/mol. The van der Waals surface area contributed by atoms with Gasteiger partial charge in [-0.3, -0.25) is 4.90 Å². The molecular weight excluding hydrogens is 775 g/mol. The highest BCUT2D eigenvalue weighted by atomic mass is 28.3. The van der Waals surface area contributed by atoms with Crippen LogP contribution in [0.5, 0.6) is 11.5 Å². The van der Waals surface area contributed by atoms with Gasteiger partial charge in [-0.1, -0.05) is 133 Å². The Bertz CT molecular complexity index is 3420. The molecule has 0 spiro atoms. The fraction of sp³-hybridized carbons (Fsp3) is 0.0182. The van der Waals surface area contributed by atoms with Gasteiger partial charge >= 0.3 is 0 Å². The van der Waals surface area contributed by atoms with Crippen molar-refractivity contribution in [3.63, 3.8) is 0 Å². The Kier molecular flexibility index (Phi) is 8.30. The Morgan fingerprint density at radius 3 is 1.89 bits per heavy atom. The van der Waals surface area contributed by atoms with E-state index in [1.165, 1.54) is 42.6 Å². The van der Waals surface area contributed by atoms with Crippen molar-refractivity contribution in [3.05, 3.63) is 219 Å². The van der Waals surface area contributed by atoms with Crippen molar-refractivity contribution in [2.45, 2.75) is 0 Å². The Hall–Kier alpha value is -8.00. The normalized spacial score (nSPS) is 13.0. The SMILES string of the molecule is Cn1c(-c2cccc(Oc3ccc4c(c3)N(c3ccccn3)c3cc5c6ccccc6n(-c6ccccc6)c5cc3[Si]4(c3ccccc3)c3ccccc3)c2)nc2ccccc21. The molecule has 0 radical (unpaired) electrons. The lowest BCUT2D eigenvalue weighted by molar-refractivity contribution is 0.483. The van der Waals surface area contributed by atoms with Gasteiger partial charge in [0.15, 0.2) is 8.07 Å². The van der Waals surface area contributed by atoms with Crippen LogP contribution in [-0.4, -0.2) is 27.2 Å². The lowest BCUT2D eigenvalue weighted by Crippen LogP contribution is -2.77. The Morgan fingerprint density at radius 2 is 1.15 bits per heavy atom. The Balaban J connectivity index is 1.13. The molecule has 12 rings (SSSR count). The Labute approximate surface area is 360 Å². The van der Waals surface area contributed by atoms with Crippen LogP contribution in [0.3, 0.4) is 0 Å². The van der Waals surface area contributed by atoms with E-state index in [4.69, 9.17) is 14.7 Å². The third-order valence-electron chi connectivity index (χ3n) is 12.5. The molecule has 0 unspecified atom stereocenters. The van der Waals surface area contributed by atoms with Gasteiger partial charge in [0.05, 0.1) is 27.8 Å². The first kappa shape index (κ1) is 35.9.